The summed E-state index contributed by atoms with van der Waals surface area (Å²) < 4.78 is 0. The van der Waals surface area contributed by atoms with Gasteiger partial charge in [-0.3, -0.25) is 0 Å². The van der Waals surface area contributed by atoms with E-state index < -0.39 is 5.60 Å². The number of hydrogen-bond donors (Lipinski definition) is 2. The summed E-state index contributed by atoms with van der Waals surface area (Å²) in [4.78, 5) is 0. The molecule has 3 aliphatic carbocycles. The summed E-state index contributed by atoms with van der Waals surface area (Å²) in [7, 11) is 0. The maximum Gasteiger partial charge on any atom is 0.0753 e. The lowest BCUT2D eigenvalue weighted by Crippen LogP contribution is -2.56. The van der Waals surface area contributed by atoms with Gasteiger partial charge in [0.1, 0.15) is 0 Å². The van der Waals surface area contributed by atoms with E-state index in [1.165, 1.54) is 6.42 Å². The molecule has 0 heterocycles. The maximum absolute atomic E-state index is 10.4. The molecular formula is C18H30O2. The minimum Gasteiger partial charge on any atom is -0.390 e. The van der Waals surface area contributed by atoms with Crippen LogP contribution in [0, 0.1) is 22.7 Å². The van der Waals surface area contributed by atoms with Crippen molar-refractivity contribution < 1.29 is 10.2 Å². The van der Waals surface area contributed by atoms with Crippen LogP contribution in [-0.2, 0) is 0 Å². The van der Waals surface area contributed by atoms with Gasteiger partial charge in [-0.2, -0.15) is 0 Å². The molecule has 0 aromatic heterocycles. The van der Waals surface area contributed by atoms with Crippen molar-refractivity contribution in [2.75, 3.05) is 0 Å². The Morgan fingerprint density at radius 3 is 2.45 bits per heavy atom. The highest BCUT2D eigenvalue weighted by atomic mass is 16.3. The van der Waals surface area contributed by atoms with Crippen LogP contribution in [0.3, 0.4) is 0 Å². The molecular weight excluding hydrogens is 248 g/mol. The largest absolute Gasteiger partial charge is 0.390 e. The highest BCUT2D eigenvalue weighted by Gasteiger charge is 2.58. The predicted octanol–water partition coefficient (Wildman–Crippen LogP) is 3.67. The van der Waals surface area contributed by atoms with Gasteiger partial charge in [0.05, 0.1) is 11.7 Å². The lowest BCUT2D eigenvalue weighted by Gasteiger charge is -2.62. The maximum atomic E-state index is 10.4. The lowest BCUT2D eigenvalue weighted by molar-refractivity contribution is -0.138. The van der Waals surface area contributed by atoms with Gasteiger partial charge in [0.25, 0.3) is 0 Å². The monoisotopic (exact) mass is 278 g/mol. The third kappa shape index (κ3) is 1.91. The van der Waals surface area contributed by atoms with E-state index in [-0.39, 0.29) is 11.5 Å². The van der Waals surface area contributed by atoms with E-state index in [0.29, 0.717) is 17.3 Å². The Morgan fingerprint density at radius 2 is 1.75 bits per heavy atom. The molecule has 20 heavy (non-hydrogen) atoms. The Labute approximate surface area is 123 Å². The zero-order chi connectivity index (χ0) is 14.8. The molecule has 3 aliphatic rings. The topological polar surface area (TPSA) is 40.5 Å². The molecule has 0 radical (unpaired) electrons. The van der Waals surface area contributed by atoms with Gasteiger partial charge >= 0.3 is 0 Å². The first-order valence-electron chi connectivity index (χ1n) is 8.29. The van der Waals surface area contributed by atoms with Crippen LogP contribution >= 0.6 is 0 Å². The number of aliphatic hydroxyl groups is 2. The minimum absolute atomic E-state index is 0.103. The van der Waals surface area contributed by atoms with Crippen LogP contribution in [0.1, 0.15) is 65.7 Å². The first kappa shape index (κ1) is 14.6. The lowest BCUT2D eigenvalue weighted by atomic mass is 9.43. The SMILES string of the molecule is C=C1[C@H](O)CC[C@@H]2[C@@]3(C)CC[C@](C)(O)C[C@@H]3CC[C@@]12C. The molecule has 0 aromatic carbocycles. The van der Waals surface area contributed by atoms with Crippen LogP contribution in [0.25, 0.3) is 0 Å². The molecule has 0 amide bonds. The van der Waals surface area contributed by atoms with E-state index in [2.05, 4.69) is 20.4 Å². The van der Waals surface area contributed by atoms with Crippen molar-refractivity contribution in [3.8, 4) is 0 Å². The van der Waals surface area contributed by atoms with Gasteiger partial charge < -0.3 is 10.2 Å². The number of aliphatic hydroxyl groups excluding tert-OH is 1. The molecule has 0 saturated heterocycles. The first-order chi connectivity index (χ1) is 9.19. The Kier molecular flexibility index (Phi) is 3.16. The summed E-state index contributed by atoms with van der Waals surface area (Å²) in [6, 6.07) is 0. The van der Waals surface area contributed by atoms with E-state index in [1.807, 2.05) is 6.92 Å². The summed E-state index contributed by atoms with van der Waals surface area (Å²) in [5.74, 6) is 1.26. The molecule has 114 valence electrons. The van der Waals surface area contributed by atoms with E-state index >= 15 is 0 Å². The average molecular weight is 278 g/mol. The molecule has 0 spiro atoms. The van der Waals surface area contributed by atoms with Crippen molar-refractivity contribution in [3.05, 3.63) is 12.2 Å². The second-order valence-corrected chi connectivity index (χ2v) is 8.53. The van der Waals surface area contributed by atoms with Gasteiger partial charge in [0.2, 0.25) is 0 Å². The quantitative estimate of drug-likeness (QED) is 0.664. The van der Waals surface area contributed by atoms with E-state index in [0.717, 1.165) is 44.1 Å². The van der Waals surface area contributed by atoms with Crippen molar-refractivity contribution in [2.45, 2.75) is 77.4 Å². The second kappa shape index (κ2) is 4.33. The van der Waals surface area contributed by atoms with E-state index in [9.17, 15) is 10.2 Å². The smallest absolute Gasteiger partial charge is 0.0753 e. The molecule has 3 fully saturated rings. The molecule has 0 unspecified atom stereocenters. The van der Waals surface area contributed by atoms with Crippen LogP contribution in [0.5, 0.6) is 0 Å². The third-order valence-electron chi connectivity index (χ3n) is 7.26. The summed E-state index contributed by atoms with van der Waals surface area (Å²) in [5, 5.41) is 20.6. The highest BCUT2D eigenvalue weighted by Crippen LogP contribution is 2.65. The fourth-order valence-electron chi connectivity index (χ4n) is 5.79. The van der Waals surface area contributed by atoms with Crippen molar-refractivity contribution in [2.24, 2.45) is 22.7 Å². The van der Waals surface area contributed by atoms with Crippen LogP contribution in [0.4, 0.5) is 0 Å². The molecule has 0 aliphatic heterocycles. The fraction of sp³-hybridized carbons (Fsp3) is 0.889. The Morgan fingerprint density at radius 1 is 1.05 bits per heavy atom. The van der Waals surface area contributed by atoms with Gasteiger partial charge in [-0.15, -0.1) is 0 Å². The molecule has 6 atom stereocenters. The van der Waals surface area contributed by atoms with Crippen LogP contribution in [0.2, 0.25) is 0 Å². The Balaban J connectivity index is 1.93. The number of fused-ring (bicyclic) bond motifs is 3. The Hall–Kier alpha value is -0.340. The zero-order valence-corrected chi connectivity index (χ0v) is 13.3. The van der Waals surface area contributed by atoms with Crippen molar-refractivity contribution in [3.63, 3.8) is 0 Å². The summed E-state index contributed by atoms with van der Waals surface area (Å²) in [6.07, 6.45) is 6.98. The average Bonchev–Trinajstić information content (AvgIpc) is 2.37. The summed E-state index contributed by atoms with van der Waals surface area (Å²) in [6.45, 7) is 11.0. The van der Waals surface area contributed by atoms with Crippen molar-refractivity contribution in [1.82, 2.24) is 0 Å². The van der Waals surface area contributed by atoms with Crippen LogP contribution < -0.4 is 0 Å². The number of hydrogen-bond acceptors (Lipinski definition) is 2. The molecule has 2 N–H and O–H groups in total. The standard InChI is InChI=1S/C18H30O2/c1-12-14(19)5-6-15-17(12,3)8-7-13-11-16(2,20)9-10-18(13,15)4/h13-15,19-20H,1,5-11H2,2-4H3/t13-,14+,15-,16-,17-,18-/m0/s1. The van der Waals surface area contributed by atoms with Gasteiger partial charge in [-0.05, 0) is 80.1 Å². The highest BCUT2D eigenvalue weighted by molar-refractivity contribution is 5.23. The van der Waals surface area contributed by atoms with Gasteiger partial charge in [-0.25, -0.2) is 0 Å². The molecule has 2 heteroatoms. The summed E-state index contributed by atoms with van der Waals surface area (Å²) in [5.41, 5.74) is 1.03. The van der Waals surface area contributed by atoms with Crippen molar-refractivity contribution >= 4 is 0 Å². The normalized spacial score (nSPS) is 56.0. The van der Waals surface area contributed by atoms with Gasteiger partial charge in [0, 0.05) is 0 Å². The first-order valence-corrected chi connectivity index (χ1v) is 8.29. The van der Waals surface area contributed by atoms with Crippen molar-refractivity contribution in [1.29, 1.82) is 0 Å². The van der Waals surface area contributed by atoms with Gasteiger partial charge in [0.15, 0.2) is 0 Å². The van der Waals surface area contributed by atoms with E-state index in [4.69, 9.17) is 0 Å². The van der Waals surface area contributed by atoms with Gasteiger partial charge in [-0.1, -0.05) is 20.4 Å². The summed E-state index contributed by atoms with van der Waals surface area (Å²) >= 11 is 0. The van der Waals surface area contributed by atoms with Crippen LogP contribution in [-0.4, -0.2) is 21.9 Å². The van der Waals surface area contributed by atoms with Crippen LogP contribution in [0.15, 0.2) is 12.2 Å². The second-order valence-electron chi connectivity index (χ2n) is 8.53. The van der Waals surface area contributed by atoms with E-state index in [1.54, 1.807) is 0 Å². The minimum atomic E-state index is -0.469. The molecule has 0 aromatic rings. The molecule has 3 rings (SSSR count). The Bertz CT molecular complexity index is 427. The molecule has 3 saturated carbocycles. The number of rotatable bonds is 0. The molecule has 2 nitrogen and oxygen atoms in total. The molecule has 0 bridgehead atoms. The predicted molar refractivity (Wildman–Crippen MR) is 81.3 cm³/mol. The zero-order valence-electron chi connectivity index (χ0n) is 13.3. The third-order valence-corrected chi connectivity index (χ3v) is 7.26. The fourth-order valence-corrected chi connectivity index (χ4v) is 5.79.